The number of benzene rings is 1. The molecule has 0 saturated carbocycles. The monoisotopic (exact) mass is 367 g/mol. The van der Waals surface area contributed by atoms with Crippen molar-refractivity contribution in [2.75, 3.05) is 0 Å². The van der Waals surface area contributed by atoms with Gasteiger partial charge in [-0.3, -0.25) is 0 Å². The standard InChI is InChI=1S/C26H44B/c1-4-7-10-16-22-27(23-17-11-8-5-2,24-18-12-9-6-3)25-21-26-19-14-13-15-20-26/h13-15,19-20H,4-12,16-18,22-24H2,1-3H3/q-1. The van der Waals surface area contributed by atoms with Gasteiger partial charge in [-0.2, -0.15) is 19.0 Å². The van der Waals surface area contributed by atoms with Crippen LogP contribution in [0.2, 0.25) is 19.0 Å². The van der Waals surface area contributed by atoms with Crippen molar-refractivity contribution in [1.82, 2.24) is 0 Å². The van der Waals surface area contributed by atoms with Crippen LogP contribution in [-0.4, -0.2) is 6.15 Å². The molecule has 0 aliphatic heterocycles. The molecule has 0 unspecified atom stereocenters. The Labute approximate surface area is 170 Å². The third-order valence-electron chi connectivity index (χ3n) is 6.13. The molecule has 1 aromatic carbocycles. The van der Waals surface area contributed by atoms with Crippen molar-refractivity contribution < 1.29 is 0 Å². The fourth-order valence-corrected chi connectivity index (χ4v) is 4.29. The van der Waals surface area contributed by atoms with Gasteiger partial charge in [-0.1, -0.05) is 116 Å². The van der Waals surface area contributed by atoms with Gasteiger partial charge in [-0.15, -0.1) is 5.92 Å². The molecule has 0 aliphatic rings. The Hall–Kier alpha value is -1.16. The van der Waals surface area contributed by atoms with Crippen molar-refractivity contribution in [3.63, 3.8) is 0 Å². The van der Waals surface area contributed by atoms with Gasteiger partial charge in [0.1, 0.15) is 0 Å². The van der Waals surface area contributed by atoms with E-state index in [2.05, 4.69) is 62.8 Å². The predicted octanol–water partition coefficient (Wildman–Crippen LogP) is 8.77. The van der Waals surface area contributed by atoms with Crippen molar-refractivity contribution >= 4 is 6.15 Å². The number of unbranched alkanes of at least 4 members (excludes halogenated alkanes) is 9. The maximum atomic E-state index is 3.89. The highest BCUT2D eigenvalue weighted by Gasteiger charge is 2.21. The molecule has 0 bridgehead atoms. The van der Waals surface area contributed by atoms with Crippen LogP contribution in [0.25, 0.3) is 0 Å². The number of hydrogen-bond acceptors (Lipinski definition) is 0. The fraction of sp³-hybridized carbons (Fsp3) is 0.692. The van der Waals surface area contributed by atoms with E-state index in [1.165, 1.54) is 102 Å². The molecule has 0 saturated heterocycles. The summed E-state index contributed by atoms with van der Waals surface area (Å²) in [4.78, 5) is 0. The van der Waals surface area contributed by atoms with E-state index in [-0.39, 0.29) is 0 Å². The Morgan fingerprint density at radius 3 is 1.44 bits per heavy atom. The second kappa shape index (κ2) is 15.9. The number of rotatable bonds is 15. The summed E-state index contributed by atoms with van der Waals surface area (Å²) in [6, 6.07) is 10.6. The normalized spacial score (nSPS) is 11.2. The molecule has 0 atom stereocenters. The summed E-state index contributed by atoms with van der Waals surface area (Å²) in [5, 5.41) is 0. The van der Waals surface area contributed by atoms with Gasteiger partial charge in [0.05, 0.1) is 6.15 Å². The van der Waals surface area contributed by atoms with Crippen molar-refractivity contribution in [3.8, 4) is 11.7 Å². The van der Waals surface area contributed by atoms with Crippen molar-refractivity contribution in [1.29, 1.82) is 0 Å². The van der Waals surface area contributed by atoms with Crippen LogP contribution < -0.4 is 0 Å². The fourth-order valence-electron chi connectivity index (χ4n) is 4.29. The molecule has 1 heteroatoms. The van der Waals surface area contributed by atoms with E-state index in [0.29, 0.717) is 0 Å². The average Bonchev–Trinajstić information content (AvgIpc) is 2.71. The van der Waals surface area contributed by atoms with Crippen LogP contribution in [0.1, 0.15) is 103 Å². The summed E-state index contributed by atoms with van der Waals surface area (Å²) in [6.07, 6.45) is 19.9. The third kappa shape index (κ3) is 11.3. The van der Waals surface area contributed by atoms with E-state index in [4.69, 9.17) is 0 Å². The van der Waals surface area contributed by atoms with E-state index < -0.39 is 6.15 Å². The molecule has 0 radical (unpaired) electrons. The molecule has 0 amide bonds. The first kappa shape index (κ1) is 23.9. The van der Waals surface area contributed by atoms with Gasteiger partial charge >= 0.3 is 0 Å². The minimum atomic E-state index is -0.538. The van der Waals surface area contributed by atoms with Gasteiger partial charge in [0.25, 0.3) is 0 Å². The van der Waals surface area contributed by atoms with Gasteiger partial charge in [0.2, 0.25) is 0 Å². The topological polar surface area (TPSA) is 0 Å². The third-order valence-corrected chi connectivity index (χ3v) is 6.13. The van der Waals surface area contributed by atoms with Crippen LogP contribution in [0.4, 0.5) is 0 Å². The van der Waals surface area contributed by atoms with E-state index in [1.54, 1.807) is 0 Å². The quantitative estimate of drug-likeness (QED) is 0.165. The van der Waals surface area contributed by atoms with Crippen molar-refractivity contribution in [3.05, 3.63) is 35.9 Å². The smallest absolute Gasteiger partial charge is 0.0713 e. The highest BCUT2D eigenvalue weighted by atomic mass is 14.0. The summed E-state index contributed by atoms with van der Waals surface area (Å²) in [7, 11) is 0. The minimum absolute atomic E-state index is 0.538. The van der Waals surface area contributed by atoms with Gasteiger partial charge < -0.3 is 5.82 Å². The lowest BCUT2D eigenvalue weighted by molar-refractivity contribution is 0.668. The lowest BCUT2D eigenvalue weighted by atomic mass is 9.19. The second-order valence-electron chi connectivity index (χ2n) is 8.66. The van der Waals surface area contributed by atoms with Crippen LogP contribution in [0, 0.1) is 11.7 Å². The van der Waals surface area contributed by atoms with Gasteiger partial charge in [0, 0.05) is 5.56 Å². The summed E-state index contributed by atoms with van der Waals surface area (Å²) in [5.41, 5.74) is 1.19. The lowest BCUT2D eigenvalue weighted by Gasteiger charge is -2.35. The Bertz CT molecular complexity index is 477. The second-order valence-corrected chi connectivity index (χ2v) is 8.66. The van der Waals surface area contributed by atoms with Crippen LogP contribution in [0.15, 0.2) is 30.3 Å². The Kier molecular flexibility index (Phi) is 14.0. The highest BCUT2D eigenvalue weighted by Crippen LogP contribution is 2.29. The molecule has 0 heterocycles. The van der Waals surface area contributed by atoms with Crippen LogP contribution in [-0.2, 0) is 0 Å². The molecule has 0 nitrogen and oxygen atoms in total. The summed E-state index contributed by atoms with van der Waals surface area (Å²) in [5.74, 6) is 7.48. The van der Waals surface area contributed by atoms with Gasteiger partial charge in [-0.25, -0.2) is 0 Å². The molecule has 0 aliphatic carbocycles. The Balaban J connectivity index is 2.87. The minimum Gasteiger partial charge on any atom is -0.309 e. The van der Waals surface area contributed by atoms with Crippen LogP contribution in [0.5, 0.6) is 0 Å². The summed E-state index contributed by atoms with van der Waals surface area (Å²) in [6.45, 7) is 6.93. The van der Waals surface area contributed by atoms with Crippen molar-refractivity contribution in [2.24, 2.45) is 0 Å². The van der Waals surface area contributed by atoms with E-state index in [9.17, 15) is 0 Å². The van der Waals surface area contributed by atoms with Crippen molar-refractivity contribution in [2.45, 2.75) is 117 Å². The molecule has 0 fully saturated rings. The zero-order chi connectivity index (χ0) is 19.6. The van der Waals surface area contributed by atoms with E-state index >= 15 is 0 Å². The van der Waals surface area contributed by atoms with Crippen LogP contribution in [0.3, 0.4) is 0 Å². The molecule has 1 aromatic rings. The Morgan fingerprint density at radius 2 is 1.04 bits per heavy atom. The maximum Gasteiger partial charge on any atom is 0.0713 e. The zero-order valence-electron chi connectivity index (χ0n) is 18.6. The Morgan fingerprint density at radius 1 is 0.593 bits per heavy atom. The van der Waals surface area contributed by atoms with E-state index in [1.807, 2.05) is 0 Å². The maximum absolute atomic E-state index is 3.89. The lowest BCUT2D eigenvalue weighted by Crippen LogP contribution is -2.32. The molecule has 152 valence electrons. The molecule has 1 rings (SSSR count). The first-order valence-corrected chi connectivity index (χ1v) is 12.0. The highest BCUT2D eigenvalue weighted by molar-refractivity contribution is 6.87. The van der Waals surface area contributed by atoms with Gasteiger partial charge in [-0.05, 0) is 12.1 Å². The van der Waals surface area contributed by atoms with Gasteiger partial charge in [0.15, 0.2) is 0 Å². The summed E-state index contributed by atoms with van der Waals surface area (Å²) < 4.78 is 0. The number of hydrogen-bond donors (Lipinski definition) is 0. The molecule has 0 spiro atoms. The summed E-state index contributed by atoms with van der Waals surface area (Å²) >= 11 is 0. The molecule has 27 heavy (non-hydrogen) atoms. The molecular weight excluding hydrogens is 323 g/mol. The molecular formula is C26H44B-. The first-order chi connectivity index (χ1) is 13.3. The van der Waals surface area contributed by atoms with E-state index in [0.717, 1.165) is 0 Å². The first-order valence-electron chi connectivity index (χ1n) is 12.0. The zero-order valence-corrected chi connectivity index (χ0v) is 18.6. The SMILES string of the molecule is CCCCCC[B-](C#Cc1ccccc1)(CCCCCC)CCCCCC. The largest absolute Gasteiger partial charge is 0.309 e. The predicted molar refractivity (Wildman–Crippen MR) is 126 cm³/mol. The van der Waals surface area contributed by atoms with Crippen LogP contribution >= 0.6 is 0 Å². The average molecular weight is 367 g/mol. The molecule has 0 aromatic heterocycles. The molecule has 0 N–H and O–H groups in total.